The van der Waals surface area contributed by atoms with Crippen molar-refractivity contribution in [1.82, 2.24) is 15.3 Å². The predicted octanol–water partition coefficient (Wildman–Crippen LogP) is 2.10. The van der Waals surface area contributed by atoms with E-state index >= 15 is 0 Å². The minimum atomic E-state index is -4.75. The van der Waals surface area contributed by atoms with E-state index in [1.54, 1.807) is 0 Å². The summed E-state index contributed by atoms with van der Waals surface area (Å²) >= 11 is 0. The molecule has 2 aromatic rings. The van der Waals surface area contributed by atoms with Gasteiger partial charge in [-0.05, 0) is 31.5 Å². The number of alkyl halides is 3. The summed E-state index contributed by atoms with van der Waals surface area (Å²) < 4.78 is 68.0. The van der Waals surface area contributed by atoms with Crippen molar-refractivity contribution in [3.63, 3.8) is 0 Å². The molecule has 1 fully saturated rings. The third-order valence-corrected chi connectivity index (χ3v) is 4.95. The van der Waals surface area contributed by atoms with Crippen LogP contribution < -0.4 is 20.5 Å². The molecule has 1 aliphatic rings. The van der Waals surface area contributed by atoms with E-state index in [9.17, 15) is 21.6 Å². The molecule has 12 heteroatoms. The number of nitrogens with zero attached hydrogens (tertiary/aromatic N) is 2. The summed E-state index contributed by atoms with van der Waals surface area (Å²) in [5.74, 6) is -0.902. The topological polar surface area (TPSA) is 119 Å². The van der Waals surface area contributed by atoms with Crippen LogP contribution in [0.4, 0.5) is 19.1 Å². The van der Waals surface area contributed by atoms with Crippen LogP contribution in [0.25, 0.3) is 0 Å². The molecule has 0 amide bonds. The number of benzene rings is 1. The summed E-state index contributed by atoms with van der Waals surface area (Å²) in [6, 6.07) is 4.81. The first-order valence-corrected chi connectivity index (χ1v) is 9.90. The Morgan fingerprint density at radius 3 is 2.75 bits per heavy atom. The third kappa shape index (κ3) is 5.09. The van der Waals surface area contributed by atoms with Crippen LogP contribution in [0.1, 0.15) is 18.4 Å². The second kappa shape index (κ2) is 7.89. The zero-order chi connectivity index (χ0) is 20.4. The molecule has 3 rings (SSSR count). The largest absolute Gasteiger partial charge is 0.438 e. The molecule has 152 valence electrons. The predicted molar refractivity (Wildman–Crippen MR) is 94.4 cm³/mol. The van der Waals surface area contributed by atoms with Crippen LogP contribution in [-0.4, -0.2) is 37.5 Å². The average molecular weight is 417 g/mol. The SMILES string of the molecule is NS(=O)(=O)c1cccc(Oc2nc(N[C@H]3CCCNC3)ncc2C(F)(F)F)c1. The molecule has 8 nitrogen and oxygen atoms in total. The lowest BCUT2D eigenvalue weighted by molar-refractivity contribution is -0.139. The number of piperidine rings is 1. The molecule has 1 saturated heterocycles. The van der Waals surface area contributed by atoms with Gasteiger partial charge in [0, 0.05) is 24.8 Å². The van der Waals surface area contributed by atoms with E-state index in [1.165, 1.54) is 18.2 Å². The number of nitrogens with two attached hydrogens (primary N) is 1. The number of sulfonamides is 1. The van der Waals surface area contributed by atoms with Gasteiger partial charge in [0.15, 0.2) is 0 Å². The summed E-state index contributed by atoms with van der Waals surface area (Å²) in [7, 11) is -4.04. The maximum Gasteiger partial charge on any atom is 0.423 e. The molecular weight excluding hydrogens is 399 g/mol. The van der Waals surface area contributed by atoms with Gasteiger partial charge in [-0.1, -0.05) is 6.07 Å². The normalized spacial score (nSPS) is 17.9. The quantitative estimate of drug-likeness (QED) is 0.682. The van der Waals surface area contributed by atoms with Crippen LogP contribution in [-0.2, 0) is 16.2 Å². The van der Waals surface area contributed by atoms with Gasteiger partial charge in [-0.15, -0.1) is 0 Å². The van der Waals surface area contributed by atoms with E-state index in [0.29, 0.717) is 12.7 Å². The van der Waals surface area contributed by atoms with E-state index in [4.69, 9.17) is 9.88 Å². The molecule has 0 unspecified atom stereocenters. The fourth-order valence-corrected chi connectivity index (χ4v) is 3.24. The molecule has 0 spiro atoms. The number of aromatic nitrogens is 2. The molecule has 1 atom stereocenters. The van der Waals surface area contributed by atoms with Gasteiger partial charge in [0.25, 0.3) is 0 Å². The summed E-state index contributed by atoms with van der Waals surface area (Å²) in [6.07, 6.45) is -2.38. The average Bonchev–Trinajstić information content (AvgIpc) is 2.61. The molecule has 1 aromatic heterocycles. The van der Waals surface area contributed by atoms with E-state index in [-0.39, 0.29) is 22.6 Å². The summed E-state index contributed by atoms with van der Waals surface area (Å²) in [4.78, 5) is 7.29. The highest BCUT2D eigenvalue weighted by Gasteiger charge is 2.36. The van der Waals surface area contributed by atoms with Crippen LogP contribution in [0.5, 0.6) is 11.6 Å². The summed E-state index contributed by atoms with van der Waals surface area (Å²) in [5, 5.41) is 11.2. The number of hydrogen-bond donors (Lipinski definition) is 3. The summed E-state index contributed by atoms with van der Waals surface area (Å²) in [6.45, 7) is 1.51. The van der Waals surface area contributed by atoms with Crippen molar-refractivity contribution in [2.24, 2.45) is 5.14 Å². The van der Waals surface area contributed by atoms with Gasteiger partial charge in [-0.25, -0.2) is 18.5 Å². The van der Waals surface area contributed by atoms with Crippen molar-refractivity contribution >= 4 is 16.0 Å². The lowest BCUT2D eigenvalue weighted by atomic mass is 10.1. The Bertz CT molecular complexity index is 947. The van der Waals surface area contributed by atoms with E-state index in [1.807, 2.05) is 0 Å². The third-order valence-electron chi connectivity index (χ3n) is 4.04. The Kier molecular flexibility index (Phi) is 5.72. The molecule has 0 radical (unpaired) electrons. The first-order valence-electron chi connectivity index (χ1n) is 8.35. The maximum absolute atomic E-state index is 13.3. The van der Waals surface area contributed by atoms with Crippen molar-refractivity contribution in [2.75, 3.05) is 18.4 Å². The van der Waals surface area contributed by atoms with Crippen LogP contribution in [0.2, 0.25) is 0 Å². The van der Waals surface area contributed by atoms with Gasteiger partial charge < -0.3 is 15.4 Å². The molecule has 0 aliphatic carbocycles. The maximum atomic E-state index is 13.3. The highest BCUT2D eigenvalue weighted by molar-refractivity contribution is 7.89. The number of anilines is 1. The highest BCUT2D eigenvalue weighted by atomic mass is 32.2. The standard InChI is InChI=1S/C16H18F3N5O3S/c17-16(18,19)13-9-22-15(23-10-3-2-6-21-8-10)24-14(13)27-11-4-1-5-12(7-11)28(20,25)26/h1,4-5,7,9-10,21H,2-3,6,8H2,(H2,20,25,26)(H,22,23,24)/t10-/m0/s1. The molecule has 0 bridgehead atoms. The molecule has 2 heterocycles. The minimum Gasteiger partial charge on any atom is -0.438 e. The Labute approximate surface area is 159 Å². The van der Waals surface area contributed by atoms with E-state index in [2.05, 4.69) is 20.6 Å². The van der Waals surface area contributed by atoms with Crippen molar-refractivity contribution in [3.8, 4) is 11.6 Å². The number of primary sulfonamides is 1. The van der Waals surface area contributed by atoms with Crippen LogP contribution in [0.15, 0.2) is 35.4 Å². The van der Waals surface area contributed by atoms with E-state index in [0.717, 1.165) is 25.5 Å². The van der Waals surface area contributed by atoms with Gasteiger partial charge in [0.1, 0.15) is 11.3 Å². The Morgan fingerprint density at radius 2 is 2.11 bits per heavy atom. The fourth-order valence-electron chi connectivity index (χ4n) is 2.69. The van der Waals surface area contributed by atoms with Gasteiger partial charge in [0.2, 0.25) is 21.9 Å². The minimum absolute atomic E-state index is 0.0145. The molecule has 4 N–H and O–H groups in total. The van der Waals surface area contributed by atoms with Gasteiger partial charge in [0.05, 0.1) is 4.90 Å². The number of hydrogen-bond acceptors (Lipinski definition) is 7. The lowest BCUT2D eigenvalue weighted by Crippen LogP contribution is -2.38. The van der Waals surface area contributed by atoms with Crippen molar-refractivity contribution in [2.45, 2.75) is 30.0 Å². The number of rotatable bonds is 5. The van der Waals surface area contributed by atoms with Crippen molar-refractivity contribution in [3.05, 3.63) is 36.0 Å². The van der Waals surface area contributed by atoms with Gasteiger partial charge in [-0.2, -0.15) is 18.2 Å². The molecule has 1 aliphatic heterocycles. The Balaban J connectivity index is 1.91. The smallest absolute Gasteiger partial charge is 0.423 e. The Morgan fingerprint density at radius 1 is 1.32 bits per heavy atom. The first kappa shape index (κ1) is 20.3. The van der Waals surface area contributed by atoms with Crippen molar-refractivity contribution < 1.29 is 26.3 Å². The van der Waals surface area contributed by atoms with Crippen LogP contribution in [0.3, 0.4) is 0 Å². The molecule has 28 heavy (non-hydrogen) atoms. The fraction of sp³-hybridized carbons (Fsp3) is 0.375. The van der Waals surface area contributed by atoms with E-state index < -0.39 is 27.6 Å². The van der Waals surface area contributed by atoms with Crippen LogP contribution in [0, 0.1) is 0 Å². The molecule has 0 saturated carbocycles. The monoisotopic (exact) mass is 417 g/mol. The Hall–Kier alpha value is -2.44. The number of nitrogens with one attached hydrogen (secondary N) is 2. The second-order valence-electron chi connectivity index (χ2n) is 6.22. The zero-order valence-corrected chi connectivity index (χ0v) is 15.3. The zero-order valence-electron chi connectivity index (χ0n) is 14.5. The number of ether oxygens (including phenoxy) is 1. The second-order valence-corrected chi connectivity index (χ2v) is 7.78. The summed E-state index contributed by atoms with van der Waals surface area (Å²) in [5.41, 5.74) is -1.18. The number of halogens is 3. The van der Waals surface area contributed by atoms with Gasteiger partial charge >= 0.3 is 6.18 Å². The highest BCUT2D eigenvalue weighted by Crippen LogP contribution is 2.37. The van der Waals surface area contributed by atoms with Gasteiger partial charge in [-0.3, -0.25) is 0 Å². The lowest BCUT2D eigenvalue weighted by Gasteiger charge is -2.24. The van der Waals surface area contributed by atoms with Crippen LogP contribution >= 0.6 is 0 Å². The first-order chi connectivity index (χ1) is 13.1. The van der Waals surface area contributed by atoms with Crippen molar-refractivity contribution in [1.29, 1.82) is 0 Å². The molecular formula is C16H18F3N5O3S. The molecule has 1 aromatic carbocycles.